The van der Waals surface area contributed by atoms with Crippen molar-refractivity contribution in [3.8, 4) is 45.8 Å². The minimum atomic E-state index is 0.484. The average Bonchev–Trinajstić information content (AvgIpc) is 3.68. The van der Waals surface area contributed by atoms with Crippen molar-refractivity contribution in [2.75, 3.05) is 0 Å². The second-order valence-corrected chi connectivity index (χ2v) is 12.0. The van der Waals surface area contributed by atoms with Gasteiger partial charge in [-0.25, -0.2) is 0 Å². The van der Waals surface area contributed by atoms with Crippen LogP contribution in [0.2, 0.25) is 0 Å². The lowest BCUT2D eigenvalue weighted by Gasteiger charge is -2.12. The quantitative estimate of drug-likeness (QED) is 0.199. The number of nitrogens with zero attached hydrogens (tertiary/aromatic N) is 4. The minimum Gasteiger partial charge on any atom is -0.309 e. The Balaban J connectivity index is 1.34. The molecule has 9 rings (SSSR count). The molecule has 0 N–H and O–H groups in total. The van der Waals surface area contributed by atoms with Gasteiger partial charge in [0.15, 0.2) is 0 Å². The summed E-state index contributed by atoms with van der Waals surface area (Å²) in [6, 6.07) is 59.0. The van der Waals surface area contributed by atoms with Crippen molar-refractivity contribution >= 4 is 43.6 Å². The van der Waals surface area contributed by atoms with Crippen molar-refractivity contribution in [3.05, 3.63) is 169 Å². The molecule has 0 radical (unpaired) electrons. The number of hydrogen-bond acceptors (Lipinski definition) is 2. The summed E-state index contributed by atoms with van der Waals surface area (Å²) < 4.78 is 4.70. The van der Waals surface area contributed by atoms with Crippen molar-refractivity contribution in [2.45, 2.75) is 0 Å². The summed E-state index contributed by atoms with van der Waals surface area (Å²) in [5.74, 6) is 0. The first-order valence-corrected chi connectivity index (χ1v) is 15.9. The third-order valence-electron chi connectivity index (χ3n) is 9.40. The number of hydrogen-bond donors (Lipinski definition) is 0. The van der Waals surface area contributed by atoms with Gasteiger partial charge >= 0.3 is 0 Å². The summed E-state index contributed by atoms with van der Waals surface area (Å²) in [5.41, 5.74) is 11.4. The number of para-hydroxylation sites is 2. The van der Waals surface area contributed by atoms with Crippen molar-refractivity contribution < 1.29 is 0 Å². The number of fused-ring (bicyclic) bond motifs is 7. The van der Waals surface area contributed by atoms with Crippen LogP contribution in [0.15, 0.2) is 158 Å². The lowest BCUT2D eigenvalue weighted by molar-refractivity contribution is 1.17. The van der Waals surface area contributed by atoms with Gasteiger partial charge in [-0.1, -0.05) is 103 Å². The van der Waals surface area contributed by atoms with Gasteiger partial charge in [-0.3, -0.25) is 0 Å². The fraction of sp³-hybridized carbons (Fsp3) is 0. The van der Waals surface area contributed by atoms with Crippen LogP contribution < -0.4 is 0 Å². The smallest absolute Gasteiger partial charge is 0.0998 e. The summed E-state index contributed by atoms with van der Waals surface area (Å²) in [6.07, 6.45) is 0. The molecule has 0 saturated carbocycles. The Morgan fingerprint density at radius 2 is 1.00 bits per heavy atom. The van der Waals surface area contributed by atoms with Crippen LogP contribution in [-0.2, 0) is 0 Å². The SMILES string of the molecule is N#Cc1cccc(C#N)c1-c1cccc(-n2c3ccccc3c3c2ccc2c4ccccc4n(-c4ccc(-c5ccccc5)cc4)c23)c1. The highest BCUT2D eigenvalue weighted by Gasteiger charge is 2.21. The average molecular weight is 611 g/mol. The molecule has 0 saturated heterocycles. The van der Waals surface area contributed by atoms with E-state index in [0.29, 0.717) is 16.7 Å². The highest BCUT2D eigenvalue weighted by molar-refractivity contribution is 6.26. The molecule has 7 aromatic carbocycles. The zero-order valence-corrected chi connectivity index (χ0v) is 25.8. The molecule has 9 aromatic rings. The predicted molar refractivity (Wildman–Crippen MR) is 195 cm³/mol. The van der Waals surface area contributed by atoms with E-state index >= 15 is 0 Å². The van der Waals surface area contributed by atoms with Gasteiger partial charge in [0.1, 0.15) is 0 Å². The molecule has 0 spiro atoms. The van der Waals surface area contributed by atoms with E-state index in [2.05, 4.69) is 143 Å². The molecule has 2 aromatic heterocycles. The van der Waals surface area contributed by atoms with Crippen molar-refractivity contribution in [3.63, 3.8) is 0 Å². The van der Waals surface area contributed by atoms with Crippen LogP contribution in [-0.4, -0.2) is 9.13 Å². The van der Waals surface area contributed by atoms with Crippen LogP contribution in [0.5, 0.6) is 0 Å². The van der Waals surface area contributed by atoms with E-state index in [4.69, 9.17) is 0 Å². The van der Waals surface area contributed by atoms with Crippen LogP contribution in [0.1, 0.15) is 11.1 Å². The molecule has 0 atom stereocenters. The Labute approximate surface area is 277 Å². The van der Waals surface area contributed by atoms with Gasteiger partial charge in [-0.05, 0) is 71.3 Å². The summed E-state index contributed by atoms with van der Waals surface area (Å²) in [7, 11) is 0. The lowest BCUT2D eigenvalue weighted by Crippen LogP contribution is -1.96. The standard InChI is InChI=1S/C44H26N4/c45-27-32-13-8-14-33(28-46)42(32)31-12-9-15-35(26-31)47-40-19-7-5-17-38(40)43-41(47)25-24-37-36-16-4-6-18-39(36)48(44(37)43)34-22-20-30(21-23-34)29-10-2-1-3-11-29/h1-26H. The van der Waals surface area contributed by atoms with E-state index in [1.165, 1.54) is 27.3 Å². The lowest BCUT2D eigenvalue weighted by atomic mass is 9.95. The second kappa shape index (κ2) is 10.9. The van der Waals surface area contributed by atoms with Crippen LogP contribution in [0, 0.1) is 22.7 Å². The van der Waals surface area contributed by atoms with E-state index in [-0.39, 0.29) is 0 Å². The zero-order valence-electron chi connectivity index (χ0n) is 25.8. The molecule has 0 aliphatic heterocycles. The maximum absolute atomic E-state index is 9.92. The van der Waals surface area contributed by atoms with E-state index in [9.17, 15) is 10.5 Å². The van der Waals surface area contributed by atoms with Gasteiger partial charge in [0.05, 0.1) is 45.3 Å². The second-order valence-electron chi connectivity index (χ2n) is 12.0. The predicted octanol–water partition coefficient (Wildman–Crippen LogP) is 11.0. The number of aromatic nitrogens is 2. The largest absolute Gasteiger partial charge is 0.309 e. The molecule has 0 aliphatic rings. The third-order valence-corrected chi connectivity index (χ3v) is 9.40. The molecule has 48 heavy (non-hydrogen) atoms. The highest BCUT2D eigenvalue weighted by Crippen LogP contribution is 2.42. The maximum Gasteiger partial charge on any atom is 0.0998 e. The fourth-order valence-corrected chi connectivity index (χ4v) is 7.34. The summed E-state index contributed by atoms with van der Waals surface area (Å²) >= 11 is 0. The number of rotatable bonds is 4. The molecule has 4 nitrogen and oxygen atoms in total. The van der Waals surface area contributed by atoms with Crippen molar-refractivity contribution in [1.82, 2.24) is 9.13 Å². The maximum atomic E-state index is 9.92. The van der Waals surface area contributed by atoms with Gasteiger partial charge in [-0.2, -0.15) is 10.5 Å². The first-order valence-electron chi connectivity index (χ1n) is 15.9. The normalized spacial score (nSPS) is 11.3. The van der Waals surface area contributed by atoms with Crippen molar-refractivity contribution in [1.29, 1.82) is 10.5 Å². The van der Waals surface area contributed by atoms with Crippen LogP contribution >= 0.6 is 0 Å². The number of nitriles is 2. The third kappa shape index (κ3) is 4.07. The molecular weight excluding hydrogens is 585 g/mol. The Morgan fingerprint density at radius 3 is 1.73 bits per heavy atom. The van der Waals surface area contributed by atoms with E-state index in [0.717, 1.165) is 44.4 Å². The number of benzene rings is 7. The summed E-state index contributed by atoms with van der Waals surface area (Å²) in [5, 5.41) is 24.6. The van der Waals surface area contributed by atoms with Gasteiger partial charge in [-0.15, -0.1) is 0 Å². The highest BCUT2D eigenvalue weighted by atomic mass is 15.0. The molecule has 222 valence electrons. The Hall–Kier alpha value is -6.88. The minimum absolute atomic E-state index is 0.484. The van der Waals surface area contributed by atoms with Crippen molar-refractivity contribution in [2.24, 2.45) is 0 Å². The summed E-state index contributed by atoms with van der Waals surface area (Å²) in [6.45, 7) is 0. The van der Waals surface area contributed by atoms with Gasteiger partial charge in [0, 0.05) is 38.5 Å². The van der Waals surface area contributed by atoms with E-state index in [1.54, 1.807) is 18.2 Å². The van der Waals surface area contributed by atoms with Crippen LogP contribution in [0.3, 0.4) is 0 Å². The van der Waals surface area contributed by atoms with E-state index in [1.807, 2.05) is 18.2 Å². The first-order chi connectivity index (χ1) is 23.7. The van der Waals surface area contributed by atoms with Crippen LogP contribution in [0.4, 0.5) is 0 Å². The molecule has 2 heterocycles. The molecule has 4 heteroatoms. The molecule has 0 unspecified atom stereocenters. The van der Waals surface area contributed by atoms with Gasteiger partial charge in [0.2, 0.25) is 0 Å². The first kappa shape index (κ1) is 27.4. The molecule has 0 amide bonds. The molecule has 0 fully saturated rings. The molecule has 0 aliphatic carbocycles. The summed E-state index contributed by atoms with van der Waals surface area (Å²) in [4.78, 5) is 0. The van der Waals surface area contributed by atoms with Crippen LogP contribution in [0.25, 0.3) is 77.2 Å². The van der Waals surface area contributed by atoms with Gasteiger partial charge in [0.25, 0.3) is 0 Å². The zero-order chi connectivity index (χ0) is 32.2. The van der Waals surface area contributed by atoms with E-state index < -0.39 is 0 Å². The Kier molecular flexibility index (Phi) is 6.22. The molecular formula is C44H26N4. The topological polar surface area (TPSA) is 57.4 Å². The monoisotopic (exact) mass is 610 g/mol. The Bertz CT molecular complexity index is 2750. The fourth-order valence-electron chi connectivity index (χ4n) is 7.34. The van der Waals surface area contributed by atoms with Gasteiger partial charge < -0.3 is 9.13 Å². The Morgan fingerprint density at radius 1 is 0.396 bits per heavy atom. The molecule has 0 bridgehead atoms.